The van der Waals surface area contributed by atoms with Gasteiger partial charge in [-0.3, -0.25) is 10.00 Å². The molecule has 0 radical (unpaired) electrons. The number of rotatable bonds is 6. The molecule has 11 heteroatoms. The van der Waals surface area contributed by atoms with Gasteiger partial charge in [-0.25, -0.2) is 9.97 Å². The van der Waals surface area contributed by atoms with Crippen molar-refractivity contribution in [3.05, 3.63) is 41.4 Å². The van der Waals surface area contributed by atoms with Crippen LogP contribution in [0.25, 0.3) is 22.6 Å². The highest BCUT2D eigenvalue weighted by Gasteiger charge is 2.16. The van der Waals surface area contributed by atoms with Gasteiger partial charge in [-0.1, -0.05) is 6.07 Å². The van der Waals surface area contributed by atoms with Gasteiger partial charge in [0.05, 0.1) is 49.4 Å². The molecule has 3 aromatic heterocycles. The molecule has 4 aromatic rings. The van der Waals surface area contributed by atoms with Crippen LogP contribution in [0.3, 0.4) is 0 Å². The first kappa shape index (κ1) is 19.7. The maximum Gasteiger partial charge on any atom is 0.224 e. The lowest BCUT2D eigenvalue weighted by Crippen LogP contribution is -2.35. The molecule has 0 unspecified atom stereocenters. The van der Waals surface area contributed by atoms with Crippen LogP contribution in [0.1, 0.15) is 5.56 Å². The molecule has 160 valence electrons. The Morgan fingerprint density at radius 3 is 2.94 bits per heavy atom. The second-order valence-corrected chi connectivity index (χ2v) is 7.50. The molecule has 0 amide bonds. The minimum absolute atomic E-state index is 0.116. The van der Waals surface area contributed by atoms with Crippen molar-refractivity contribution in [3.8, 4) is 17.3 Å². The maximum absolute atomic E-state index is 5.94. The molecule has 1 aromatic carbocycles. The highest BCUT2D eigenvalue weighted by molar-refractivity contribution is 6.28. The molecule has 31 heavy (non-hydrogen) atoms. The summed E-state index contributed by atoms with van der Waals surface area (Å²) in [4.78, 5) is 18.6. The first-order valence-electron chi connectivity index (χ1n) is 9.85. The Morgan fingerprint density at radius 2 is 2.10 bits per heavy atom. The van der Waals surface area contributed by atoms with Crippen molar-refractivity contribution in [1.82, 2.24) is 35.0 Å². The van der Waals surface area contributed by atoms with Gasteiger partial charge in [-0.15, -0.1) is 0 Å². The molecule has 1 saturated heterocycles. The van der Waals surface area contributed by atoms with Crippen LogP contribution in [0.4, 0.5) is 11.5 Å². The van der Waals surface area contributed by atoms with E-state index in [1.54, 1.807) is 13.3 Å². The van der Waals surface area contributed by atoms with Gasteiger partial charge in [0.15, 0.2) is 17.4 Å². The van der Waals surface area contributed by atoms with Crippen LogP contribution in [-0.4, -0.2) is 68.4 Å². The largest absolute Gasteiger partial charge is 0.491 e. The Balaban J connectivity index is 1.41. The molecular formula is C20H21ClN8O2. The van der Waals surface area contributed by atoms with Gasteiger partial charge in [0.25, 0.3) is 0 Å². The molecule has 4 heterocycles. The maximum atomic E-state index is 5.94. The average molecular weight is 441 g/mol. The summed E-state index contributed by atoms with van der Waals surface area (Å²) in [6.07, 6.45) is 3.16. The van der Waals surface area contributed by atoms with E-state index in [0.29, 0.717) is 28.8 Å². The van der Waals surface area contributed by atoms with Gasteiger partial charge in [0, 0.05) is 19.6 Å². The lowest BCUT2D eigenvalue weighted by atomic mass is 10.2. The molecule has 0 bridgehead atoms. The van der Waals surface area contributed by atoms with Crippen LogP contribution in [0.2, 0.25) is 5.28 Å². The van der Waals surface area contributed by atoms with Crippen molar-refractivity contribution in [2.45, 2.75) is 6.54 Å². The first-order chi connectivity index (χ1) is 15.2. The highest BCUT2D eigenvalue weighted by atomic mass is 35.5. The van der Waals surface area contributed by atoms with Crippen molar-refractivity contribution < 1.29 is 9.47 Å². The van der Waals surface area contributed by atoms with E-state index in [-0.39, 0.29) is 5.28 Å². The van der Waals surface area contributed by atoms with Gasteiger partial charge < -0.3 is 19.8 Å². The minimum Gasteiger partial charge on any atom is -0.491 e. The number of halogens is 1. The number of methoxy groups -OCH3 is 1. The summed E-state index contributed by atoms with van der Waals surface area (Å²) in [7, 11) is 1.54. The SMILES string of the molecule is COc1cnc(Cl)nc1Nc1cn[nH]c1-c1nc2ccc(CN3CCOCC3)cc2[nH]1. The normalized spacial score (nSPS) is 14.8. The minimum atomic E-state index is 0.116. The van der Waals surface area contributed by atoms with Crippen LogP contribution in [0, 0.1) is 0 Å². The molecule has 0 spiro atoms. The summed E-state index contributed by atoms with van der Waals surface area (Å²) in [5.74, 6) is 1.57. The molecule has 0 saturated carbocycles. The van der Waals surface area contributed by atoms with E-state index in [4.69, 9.17) is 26.1 Å². The zero-order valence-corrected chi connectivity index (χ0v) is 17.6. The Labute approximate surface area is 183 Å². The van der Waals surface area contributed by atoms with Gasteiger partial charge >= 0.3 is 0 Å². The van der Waals surface area contributed by atoms with E-state index < -0.39 is 0 Å². The number of fused-ring (bicyclic) bond motifs is 1. The molecule has 0 aliphatic carbocycles. The Kier molecular flexibility index (Phi) is 5.41. The number of H-pyrrole nitrogens is 2. The molecule has 1 aliphatic heterocycles. The lowest BCUT2D eigenvalue weighted by Gasteiger charge is -2.26. The second-order valence-electron chi connectivity index (χ2n) is 7.17. The summed E-state index contributed by atoms with van der Waals surface area (Å²) in [6.45, 7) is 4.36. The number of imidazole rings is 1. The number of nitrogens with zero attached hydrogens (tertiary/aromatic N) is 5. The molecule has 3 N–H and O–H groups in total. The van der Waals surface area contributed by atoms with Crippen LogP contribution < -0.4 is 10.1 Å². The number of anilines is 2. The summed E-state index contributed by atoms with van der Waals surface area (Å²) in [5.41, 5.74) is 4.45. The number of aromatic amines is 2. The number of benzene rings is 1. The topological polar surface area (TPSA) is 117 Å². The third kappa shape index (κ3) is 4.18. The molecule has 1 fully saturated rings. The first-order valence-corrected chi connectivity index (χ1v) is 10.2. The number of morpholine rings is 1. The molecular weight excluding hydrogens is 420 g/mol. The predicted molar refractivity (Wildman–Crippen MR) is 117 cm³/mol. The van der Waals surface area contributed by atoms with Gasteiger partial charge in [0.2, 0.25) is 5.28 Å². The van der Waals surface area contributed by atoms with Crippen molar-refractivity contribution in [1.29, 1.82) is 0 Å². The summed E-state index contributed by atoms with van der Waals surface area (Å²) in [5, 5.41) is 10.4. The quantitative estimate of drug-likeness (QED) is 0.392. The van der Waals surface area contributed by atoms with Crippen molar-refractivity contribution >= 4 is 34.1 Å². The molecule has 0 atom stereocenters. The monoisotopic (exact) mass is 440 g/mol. The predicted octanol–water partition coefficient (Wildman–Crippen LogP) is 2.98. The summed E-state index contributed by atoms with van der Waals surface area (Å²) >= 11 is 5.94. The zero-order valence-electron chi connectivity index (χ0n) is 16.9. The fraction of sp³-hybridized carbons (Fsp3) is 0.300. The van der Waals surface area contributed by atoms with Gasteiger partial charge in [-0.05, 0) is 29.3 Å². The Morgan fingerprint density at radius 1 is 1.23 bits per heavy atom. The fourth-order valence-corrected chi connectivity index (χ4v) is 3.70. The second kappa shape index (κ2) is 8.50. The van der Waals surface area contributed by atoms with Crippen LogP contribution in [0.5, 0.6) is 5.75 Å². The highest BCUT2D eigenvalue weighted by Crippen LogP contribution is 2.31. The number of hydrogen-bond donors (Lipinski definition) is 3. The van der Waals surface area contributed by atoms with E-state index in [2.05, 4.69) is 47.5 Å². The third-order valence-electron chi connectivity index (χ3n) is 5.13. The van der Waals surface area contributed by atoms with E-state index in [1.807, 2.05) is 6.07 Å². The van der Waals surface area contributed by atoms with E-state index in [1.165, 1.54) is 11.8 Å². The number of hydrogen-bond acceptors (Lipinski definition) is 8. The van der Waals surface area contributed by atoms with E-state index in [9.17, 15) is 0 Å². The van der Waals surface area contributed by atoms with Crippen LogP contribution in [-0.2, 0) is 11.3 Å². The molecule has 10 nitrogen and oxygen atoms in total. The van der Waals surface area contributed by atoms with Gasteiger partial charge in [0.1, 0.15) is 5.69 Å². The van der Waals surface area contributed by atoms with Crippen LogP contribution in [0.15, 0.2) is 30.6 Å². The zero-order chi connectivity index (χ0) is 21.2. The van der Waals surface area contributed by atoms with Crippen molar-refractivity contribution in [2.75, 3.05) is 38.7 Å². The van der Waals surface area contributed by atoms with Crippen LogP contribution >= 0.6 is 11.6 Å². The standard InChI is InChI=1S/C20H21ClN8O2/c1-30-16-10-22-20(21)27-18(16)26-15-9-23-28-17(15)19-24-13-3-2-12(8-14(13)25-19)11-29-4-6-31-7-5-29/h2-3,8-10H,4-7,11H2,1H3,(H,23,28)(H,24,25)(H,22,26,27). The fourth-order valence-electron chi connectivity index (χ4n) is 3.57. The number of nitrogens with one attached hydrogen (secondary N) is 3. The molecule has 1 aliphatic rings. The third-order valence-corrected chi connectivity index (χ3v) is 5.31. The van der Waals surface area contributed by atoms with Crippen molar-refractivity contribution in [2.24, 2.45) is 0 Å². The van der Waals surface area contributed by atoms with Gasteiger partial charge in [-0.2, -0.15) is 10.1 Å². The smallest absolute Gasteiger partial charge is 0.224 e. The lowest BCUT2D eigenvalue weighted by molar-refractivity contribution is 0.0342. The Bertz CT molecular complexity index is 1200. The average Bonchev–Trinajstić information content (AvgIpc) is 3.41. The molecule has 5 rings (SSSR count). The summed E-state index contributed by atoms with van der Waals surface area (Å²) < 4.78 is 10.7. The van der Waals surface area contributed by atoms with Crippen molar-refractivity contribution in [3.63, 3.8) is 0 Å². The Hall–Kier alpha value is -3.21. The number of ether oxygens (including phenoxy) is 2. The summed E-state index contributed by atoms with van der Waals surface area (Å²) in [6, 6.07) is 6.28. The number of aromatic nitrogens is 6. The van der Waals surface area contributed by atoms with E-state index >= 15 is 0 Å². The van der Waals surface area contributed by atoms with E-state index in [0.717, 1.165) is 43.9 Å².